The molecule has 0 spiro atoms. The molecule has 0 aliphatic carbocycles. The maximum absolute atomic E-state index is 10.6. The number of carbonyl (C=O) groups is 1. The first-order valence-corrected chi connectivity index (χ1v) is 2.86. The number of ketones is 1. The van der Waals surface area contributed by atoms with Crippen LogP contribution in [0.4, 0.5) is 0 Å². The molecule has 0 bridgehead atoms. The number of hydrogen-bond donors (Lipinski definition) is 0. The van der Waals surface area contributed by atoms with Crippen LogP contribution in [0.25, 0.3) is 0 Å². The minimum Gasteiger partial charge on any atom is -0.295 e. The molecule has 0 atom stereocenters. The maximum atomic E-state index is 10.6. The van der Waals surface area contributed by atoms with Crippen molar-refractivity contribution in [1.29, 1.82) is 0 Å². The predicted molar refractivity (Wildman–Crippen MR) is 42.2 cm³/mol. The van der Waals surface area contributed by atoms with E-state index < -0.39 is 0 Å². The molecular formula is C8H8OSn. The predicted octanol–water partition coefficient (Wildman–Crippen LogP) is 1.51. The Morgan fingerprint density at radius 3 is 2.00 bits per heavy atom. The van der Waals surface area contributed by atoms with E-state index in [1.54, 1.807) is 6.92 Å². The van der Waals surface area contributed by atoms with Crippen LogP contribution in [0.2, 0.25) is 0 Å². The van der Waals surface area contributed by atoms with E-state index in [0.717, 1.165) is 5.56 Å². The van der Waals surface area contributed by atoms with Gasteiger partial charge in [0.25, 0.3) is 0 Å². The average Bonchev–Trinajstić information content (AvgIpc) is 1.90. The zero-order valence-corrected chi connectivity index (χ0v) is 8.65. The Morgan fingerprint density at radius 1 is 1.20 bits per heavy atom. The molecule has 0 aromatic heterocycles. The van der Waals surface area contributed by atoms with Gasteiger partial charge in [0.2, 0.25) is 0 Å². The van der Waals surface area contributed by atoms with Crippen LogP contribution in [0.15, 0.2) is 30.3 Å². The summed E-state index contributed by atoms with van der Waals surface area (Å²) in [5, 5.41) is 0. The Labute approximate surface area is 77.4 Å². The molecule has 50 valence electrons. The minimum absolute atomic E-state index is 0. The monoisotopic (exact) mass is 240 g/mol. The van der Waals surface area contributed by atoms with Crippen LogP contribution in [-0.4, -0.2) is 29.7 Å². The van der Waals surface area contributed by atoms with E-state index in [1.807, 2.05) is 30.3 Å². The van der Waals surface area contributed by atoms with E-state index in [4.69, 9.17) is 0 Å². The van der Waals surface area contributed by atoms with Crippen molar-refractivity contribution >= 4 is 29.7 Å². The largest absolute Gasteiger partial charge is 0.295 e. The first-order chi connectivity index (χ1) is 4.30. The molecule has 1 aromatic carbocycles. The van der Waals surface area contributed by atoms with Crippen LogP contribution >= 0.6 is 0 Å². The van der Waals surface area contributed by atoms with Gasteiger partial charge < -0.3 is 0 Å². The third kappa shape index (κ3) is 2.52. The summed E-state index contributed by atoms with van der Waals surface area (Å²) in [5.41, 5.74) is 0.775. The zero-order chi connectivity index (χ0) is 6.69. The van der Waals surface area contributed by atoms with Gasteiger partial charge in [0, 0.05) is 29.5 Å². The van der Waals surface area contributed by atoms with Crippen molar-refractivity contribution < 1.29 is 4.79 Å². The summed E-state index contributed by atoms with van der Waals surface area (Å²) in [6.45, 7) is 1.56. The molecule has 1 aromatic rings. The van der Waals surface area contributed by atoms with Crippen molar-refractivity contribution in [2.45, 2.75) is 6.92 Å². The Hall–Kier alpha value is -0.311. The molecule has 4 radical (unpaired) electrons. The normalized spacial score (nSPS) is 8.10. The molecule has 10 heavy (non-hydrogen) atoms. The summed E-state index contributed by atoms with van der Waals surface area (Å²) >= 11 is 0. The van der Waals surface area contributed by atoms with Gasteiger partial charge in [-0.05, 0) is 6.92 Å². The molecule has 0 saturated carbocycles. The smallest absolute Gasteiger partial charge is 0.159 e. The molecule has 0 amide bonds. The molecule has 0 saturated heterocycles. The van der Waals surface area contributed by atoms with E-state index in [1.165, 1.54) is 0 Å². The second-order valence-electron chi connectivity index (χ2n) is 1.92. The minimum atomic E-state index is 0. The van der Waals surface area contributed by atoms with Crippen molar-refractivity contribution in [2.75, 3.05) is 0 Å². The van der Waals surface area contributed by atoms with Gasteiger partial charge in [-0.3, -0.25) is 4.79 Å². The second kappa shape index (κ2) is 4.50. The fourth-order valence-corrected chi connectivity index (χ4v) is 0.673. The zero-order valence-electron chi connectivity index (χ0n) is 5.79. The summed E-state index contributed by atoms with van der Waals surface area (Å²) in [4.78, 5) is 10.6. The van der Waals surface area contributed by atoms with Gasteiger partial charge in [0.15, 0.2) is 5.78 Å². The Kier molecular flexibility index (Phi) is 4.36. The van der Waals surface area contributed by atoms with Gasteiger partial charge in [-0.25, -0.2) is 0 Å². The number of benzene rings is 1. The van der Waals surface area contributed by atoms with Crippen molar-refractivity contribution in [2.24, 2.45) is 0 Å². The third-order valence-corrected chi connectivity index (χ3v) is 1.18. The number of carbonyl (C=O) groups excluding carboxylic acids is 1. The summed E-state index contributed by atoms with van der Waals surface area (Å²) < 4.78 is 0. The molecule has 0 unspecified atom stereocenters. The molecule has 0 fully saturated rings. The van der Waals surface area contributed by atoms with E-state index in [-0.39, 0.29) is 29.7 Å². The summed E-state index contributed by atoms with van der Waals surface area (Å²) in [7, 11) is 0. The van der Waals surface area contributed by atoms with Crippen LogP contribution in [0, 0.1) is 0 Å². The molecule has 1 nitrogen and oxygen atoms in total. The van der Waals surface area contributed by atoms with Crippen LogP contribution in [0.5, 0.6) is 0 Å². The summed E-state index contributed by atoms with van der Waals surface area (Å²) in [6.07, 6.45) is 0. The quantitative estimate of drug-likeness (QED) is 0.536. The standard InChI is InChI=1S/C8H8O.Sn/c1-7(9)8-5-3-2-4-6-8;/h2-6H,1H3;. The molecule has 1 rings (SSSR count). The fourth-order valence-electron chi connectivity index (χ4n) is 0.673. The van der Waals surface area contributed by atoms with Gasteiger partial charge in [-0.15, -0.1) is 0 Å². The van der Waals surface area contributed by atoms with Gasteiger partial charge in [-0.1, -0.05) is 30.3 Å². The van der Waals surface area contributed by atoms with Crippen molar-refractivity contribution in [1.82, 2.24) is 0 Å². The van der Waals surface area contributed by atoms with Crippen LogP contribution in [-0.2, 0) is 0 Å². The van der Waals surface area contributed by atoms with E-state index >= 15 is 0 Å². The van der Waals surface area contributed by atoms with Crippen LogP contribution in [0.3, 0.4) is 0 Å². The molecule has 0 aliphatic heterocycles. The van der Waals surface area contributed by atoms with Gasteiger partial charge in [-0.2, -0.15) is 0 Å². The van der Waals surface area contributed by atoms with Gasteiger partial charge in [0.1, 0.15) is 0 Å². The Balaban J connectivity index is 0.000000810. The topological polar surface area (TPSA) is 17.1 Å². The maximum Gasteiger partial charge on any atom is 0.159 e. The average molecular weight is 239 g/mol. The Morgan fingerprint density at radius 2 is 1.70 bits per heavy atom. The van der Waals surface area contributed by atoms with Gasteiger partial charge >= 0.3 is 0 Å². The summed E-state index contributed by atoms with van der Waals surface area (Å²) in [5.74, 6) is 0.121. The van der Waals surface area contributed by atoms with Crippen molar-refractivity contribution in [3.63, 3.8) is 0 Å². The molecule has 2 heteroatoms. The first-order valence-electron chi connectivity index (χ1n) is 2.86. The fraction of sp³-hybridized carbons (Fsp3) is 0.125. The number of rotatable bonds is 1. The SMILES string of the molecule is CC(=O)c1ccccc1.[Sn]. The first kappa shape index (κ1) is 9.69. The number of hydrogen-bond acceptors (Lipinski definition) is 1. The molecule has 0 aliphatic rings. The van der Waals surface area contributed by atoms with Crippen molar-refractivity contribution in [3.8, 4) is 0 Å². The second-order valence-corrected chi connectivity index (χ2v) is 1.92. The third-order valence-electron chi connectivity index (χ3n) is 1.18. The Bertz CT molecular complexity index is 206. The van der Waals surface area contributed by atoms with Crippen molar-refractivity contribution in [3.05, 3.63) is 35.9 Å². The van der Waals surface area contributed by atoms with E-state index in [9.17, 15) is 4.79 Å². The van der Waals surface area contributed by atoms with Gasteiger partial charge in [0.05, 0.1) is 0 Å². The molecular weight excluding hydrogens is 231 g/mol. The number of Topliss-reactive ketones (excluding diaryl/α,β-unsaturated/α-hetero) is 1. The molecule has 0 heterocycles. The summed E-state index contributed by atoms with van der Waals surface area (Å²) in [6, 6.07) is 9.23. The van der Waals surface area contributed by atoms with E-state index in [2.05, 4.69) is 0 Å². The van der Waals surface area contributed by atoms with Crippen LogP contribution < -0.4 is 0 Å². The van der Waals surface area contributed by atoms with Crippen LogP contribution in [0.1, 0.15) is 17.3 Å². The molecule has 0 N–H and O–H groups in total. The van der Waals surface area contributed by atoms with E-state index in [0.29, 0.717) is 0 Å².